The standard InChI is InChI=1S/C26H28ClN5O2S/c27-18-9-19(11-20(33)10-18)30-25-24-21-5-7-32(14-22(21)35-26(24)29-15-28-25)23(34)2-1-6-31-12-16-3-4-17(8-16)13-31/h1-2,9-11,15-17,33H,3-8,12-14H2,(H,28,29,30)/b2-1+. The second-order valence-electron chi connectivity index (χ2n) is 9.91. The van der Waals surface area contributed by atoms with Gasteiger partial charge in [0.1, 0.15) is 22.7 Å². The Bertz CT molecular complexity index is 1280. The van der Waals surface area contributed by atoms with E-state index in [0.29, 0.717) is 29.6 Å². The highest BCUT2D eigenvalue weighted by molar-refractivity contribution is 7.19. The van der Waals surface area contributed by atoms with Gasteiger partial charge in [-0.2, -0.15) is 0 Å². The molecule has 2 atom stereocenters. The monoisotopic (exact) mass is 509 g/mol. The highest BCUT2D eigenvalue weighted by atomic mass is 35.5. The molecule has 182 valence electrons. The number of phenols is 1. The Hall–Kier alpha value is -2.68. The number of carbonyl (C=O) groups excluding carboxylic acids is 1. The van der Waals surface area contributed by atoms with E-state index < -0.39 is 0 Å². The third-order valence-corrected chi connectivity index (χ3v) is 8.74. The minimum Gasteiger partial charge on any atom is -0.508 e. The number of likely N-dealkylation sites (tertiary alicyclic amines) is 1. The molecule has 3 aromatic rings. The van der Waals surface area contributed by atoms with Gasteiger partial charge in [-0.25, -0.2) is 9.97 Å². The summed E-state index contributed by atoms with van der Waals surface area (Å²) in [6, 6.07) is 4.85. The van der Waals surface area contributed by atoms with Gasteiger partial charge in [0, 0.05) is 53.9 Å². The Labute approximate surface area is 213 Å². The molecule has 2 N–H and O–H groups in total. The number of piperidine rings is 1. The quantitative estimate of drug-likeness (QED) is 0.473. The molecule has 3 aliphatic rings. The summed E-state index contributed by atoms with van der Waals surface area (Å²) in [5.41, 5.74) is 1.85. The van der Waals surface area contributed by atoms with E-state index in [1.54, 1.807) is 29.5 Å². The fourth-order valence-electron chi connectivity index (χ4n) is 5.87. The van der Waals surface area contributed by atoms with Crippen molar-refractivity contribution in [1.29, 1.82) is 0 Å². The van der Waals surface area contributed by atoms with Crippen LogP contribution in [-0.2, 0) is 17.8 Å². The third kappa shape index (κ3) is 4.75. The molecule has 2 aromatic heterocycles. The molecule has 4 heterocycles. The third-order valence-electron chi connectivity index (χ3n) is 7.40. The highest BCUT2D eigenvalue weighted by Gasteiger charge is 2.32. The van der Waals surface area contributed by atoms with Crippen molar-refractivity contribution >= 4 is 50.6 Å². The molecule has 6 rings (SSSR count). The summed E-state index contributed by atoms with van der Waals surface area (Å²) in [6.07, 6.45) is 10.2. The summed E-state index contributed by atoms with van der Waals surface area (Å²) >= 11 is 7.71. The largest absolute Gasteiger partial charge is 0.508 e. The summed E-state index contributed by atoms with van der Waals surface area (Å²) in [4.78, 5) is 28.3. The van der Waals surface area contributed by atoms with Crippen LogP contribution in [0.5, 0.6) is 5.75 Å². The highest BCUT2D eigenvalue weighted by Crippen LogP contribution is 2.39. The Kier molecular flexibility index (Phi) is 6.12. The van der Waals surface area contributed by atoms with Crippen molar-refractivity contribution in [2.45, 2.75) is 32.2 Å². The van der Waals surface area contributed by atoms with Crippen LogP contribution in [0.25, 0.3) is 10.2 Å². The number of hydrogen-bond acceptors (Lipinski definition) is 7. The van der Waals surface area contributed by atoms with Crippen molar-refractivity contribution in [3.63, 3.8) is 0 Å². The number of nitrogens with zero attached hydrogens (tertiary/aromatic N) is 4. The molecule has 9 heteroatoms. The van der Waals surface area contributed by atoms with E-state index in [1.807, 2.05) is 11.0 Å². The Morgan fingerprint density at radius 2 is 2.06 bits per heavy atom. The van der Waals surface area contributed by atoms with Crippen LogP contribution in [0.1, 0.15) is 29.7 Å². The van der Waals surface area contributed by atoms with Gasteiger partial charge < -0.3 is 15.3 Å². The second-order valence-corrected chi connectivity index (χ2v) is 11.4. The molecule has 35 heavy (non-hydrogen) atoms. The molecule has 1 aliphatic carbocycles. The predicted octanol–water partition coefficient (Wildman–Crippen LogP) is 4.97. The van der Waals surface area contributed by atoms with Gasteiger partial charge in [-0.05, 0) is 55.2 Å². The first-order valence-corrected chi connectivity index (χ1v) is 13.4. The lowest BCUT2D eigenvalue weighted by Gasteiger charge is -2.30. The second kappa shape index (κ2) is 9.41. The number of benzene rings is 1. The van der Waals surface area contributed by atoms with E-state index in [-0.39, 0.29) is 11.7 Å². The molecular weight excluding hydrogens is 482 g/mol. The topological polar surface area (TPSA) is 81.6 Å². The number of carbonyl (C=O) groups is 1. The first-order valence-electron chi connectivity index (χ1n) is 12.2. The van der Waals surface area contributed by atoms with Crippen molar-refractivity contribution in [2.24, 2.45) is 11.8 Å². The summed E-state index contributed by atoms with van der Waals surface area (Å²) in [6.45, 7) is 4.48. The summed E-state index contributed by atoms with van der Waals surface area (Å²) < 4.78 is 0. The number of aromatic hydroxyl groups is 1. The molecule has 2 bridgehead atoms. The molecule has 1 saturated carbocycles. The van der Waals surface area contributed by atoms with Crippen LogP contribution in [0, 0.1) is 11.8 Å². The number of aromatic nitrogens is 2. The van der Waals surface area contributed by atoms with Gasteiger partial charge in [0.15, 0.2) is 0 Å². The lowest BCUT2D eigenvalue weighted by molar-refractivity contribution is -0.126. The molecule has 7 nitrogen and oxygen atoms in total. The molecule has 2 fully saturated rings. The smallest absolute Gasteiger partial charge is 0.246 e. The van der Waals surface area contributed by atoms with Crippen molar-refractivity contribution in [3.8, 4) is 5.75 Å². The molecule has 0 radical (unpaired) electrons. The van der Waals surface area contributed by atoms with Crippen LogP contribution in [0.4, 0.5) is 11.5 Å². The summed E-state index contributed by atoms with van der Waals surface area (Å²) in [5.74, 6) is 2.57. The van der Waals surface area contributed by atoms with Gasteiger partial charge in [0.05, 0.1) is 11.9 Å². The number of phenolic OH excluding ortho intramolecular Hbond substituents is 1. The van der Waals surface area contributed by atoms with Crippen LogP contribution in [0.3, 0.4) is 0 Å². The average Bonchev–Trinajstić information content (AvgIpc) is 3.37. The van der Waals surface area contributed by atoms with Crippen LogP contribution in [0.2, 0.25) is 5.02 Å². The van der Waals surface area contributed by atoms with Gasteiger partial charge in [0.2, 0.25) is 5.91 Å². The SMILES string of the molecule is O=C(/C=C/CN1CC2CCC(C2)C1)N1CCc2c(sc3ncnc(Nc4cc(O)cc(Cl)c4)c23)C1. The van der Waals surface area contributed by atoms with Gasteiger partial charge in [-0.15, -0.1) is 11.3 Å². The van der Waals surface area contributed by atoms with Gasteiger partial charge >= 0.3 is 0 Å². The molecular formula is C26H28ClN5O2S. The number of halogens is 1. The Morgan fingerprint density at radius 1 is 1.23 bits per heavy atom. The summed E-state index contributed by atoms with van der Waals surface area (Å²) in [7, 11) is 0. The van der Waals surface area contributed by atoms with Gasteiger partial charge in [-0.3, -0.25) is 9.69 Å². The number of nitrogens with one attached hydrogen (secondary N) is 1. The maximum absolute atomic E-state index is 12.9. The molecule has 2 aliphatic heterocycles. The minimum atomic E-state index is 0.0759. The number of amides is 1. The van der Waals surface area contributed by atoms with E-state index >= 15 is 0 Å². The van der Waals surface area contributed by atoms with Crippen LogP contribution in [0.15, 0.2) is 36.7 Å². The normalized spacial score (nSPS) is 22.1. The van der Waals surface area contributed by atoms with Crippen LogP contribution in [-0.4, -0.2) is 57.0 Å². The first-order chi connectivity index (χ1) is 17.0. The van der Waals surface area contributed by atoms with E-state index in [4.69, 9.17) is 11.6 Å². The molecule has 1 amide bonds. The zero-order valence-electron chi connectivity index (χ0n) is 19.4. The molecule has 1 saturated heterocycles. The number of hydrogen-bond donors (Lipinski definition) is 2. The summed E-state index contributed by atoms with van der Waals surface area (Å²) in [5, 5.41) is 14.6. The Balaban J connectivity index is 1.15. The molecule has 2 unspecified atom stereocenters. The number of rotatable bonds is 5. The maximum Gasteiger partial charge on any atom is 0.246 e. The van der Waals surface area contributed by atoms with Crippen molar-refractivity contribution in [2.75, 3.05) is 31.5 Å². The fraction of sp³-hybridized carbons (Fsp3) is 0.423. The van der Waals surface area contributed by atoms with Crippen LogP contribution >= 0.6 is 22.9 Å². The van der Waals surface area contributed by atoms with Crippen molar-refractivity contribution in [1.82, 2.24) is 19.8 Å². The number of fused-ring (bicyclic) bond motifs is 5. The lowest BCUT2D eigenvalue weighted by Crippen LogP contribution is -2.37. The van der Waals surface area contributed by atoms with E-state index in [1.165, 1.54) is 50.3 Å². The first kappa shape index (κ1) is 22.8. The van der Waals surface area contributed by atoms with E-state index in [2.05, 4.69) is 20.2 Å². The zero-order valence-corrected chi connectivity index (χ0v) is 21.0. The minimum absolute atomic E-state index is 0.0759. The average molecular weight is 510 g/mol. The fourth-order valence-corrected chi connectivity index (χ4v) is 7.30. The zero-order chi connectivity index (χ0) is 23.9. The van der Waals surface area contributed by atoms with Crippen molar-refractivity contribution < 1.29 is 9.90 Å². The Morgan fingerprint density at radius 3 is 2.86 bits per heavy atom. The van der Waals surface area contributed by atoms with E-state index in [9.17, 15) is 9.90 Å². The van der Waals surface area contributed by atoms with E-state index in [0.717, 1.165) is 39.9 Å². The molecule has 1 aromatic carbocycles. The molecule has 0 spiro atoms. The predicted molar refractivity (Wildman–Crippen MR) is 139 cm³/mol. The van der Waals surface area contributed by atoms with Crippen molar-refractivity contribution in [3.05, 3.63) is 52.1 Å². The number of thiophene rings is 1. The van der Waals surface area contributed by atoms with Gasteiger partial charge in [0.25, 0.3) is 0 Å². The maximum atomic E-state index is 12.9. The van der Waals surface area contributed by atoms with Gasteiger partial charge in [-0.1, -0.05) is 17.7 Å². The number of anilines is 2. The lowest BCUT2D eigenvalue weighted by atomic mass is 9.99. The van der Waals surface area contributed by atoms with Crippen LogP contribution < -0.4 is 5.32 Å².